The fourth-order valence-electron chi connectivity index (χ4n) is 4.14. The molecule has 1 saturated carbocycles. The van der Waals surface area contributed by atoms with Crippen molar-refractivity contribution in [2.24, 2.45) is 0 Å². The molecule has 5 rings (SSSR count). The van der Waals surface area contributed by atoms with E-state index in [2.05, 4.69) is 25.5 Å². The smallest absolute Gasteiger partial charge is 0.253 e. The third kappa shape index (κ3) is 4.09. The highest BCUT2D eigenvalue weighted by Gasteiger charge is 2.25. The van der Waals surface area contributed by atoms with E-state index in [1.165, 1.54) is 0 Å². The van der Waals surface area contributed by atoms with Crippen molar-refractivity contribution < 1.29 is 4.79 Å². The number of amides is 1. The summed E-state index contributed by atoms with van der Waals surface area (Å²) in [6, 6.07) is 9.88. The predicted molar refractivity (Wildman–Crippen MR) is 116 cm³/mol. The Hall–Kier alpha value is -3.81. The van der Waals surface area contributed by atoms with Crippen LogP contribution >= 0.6 is 0 Å². The number of nitrogens with zero attached hydrogens (tertiary/aromatic N) is 6. The average molecular weight is 413 g/mol. The molecule has 3 aromatic heterocycles. The zero-order valence-corrected chi connectivity index (χ0v) is 17.0. The number of nitrogens with one attached hydrogen (secondary N) is 1. The van der Waals surface area contributed by atoms with Crippen molar-refractivity contribution in [1.82, 2.24) is 34.8 Å². The molecular formula is C23H23N7O. The minimum absolute atomic E-state index is 0.0569. The lowest BCUT2D eigenvalue weighted by Crippen LogP contribution is -2.38. The number of benzene rings is 1. The van der Waals surface area contributed by atoms with Crippen molar-refractivity contribution in [2.45, 2.75) is 37.8 Å². The van der Waals surface area contributed by atoms with Gasteiger partial charge in [-0.15, -0.1) is 0 Å². The molecule has 1 aliphatic carbocycles. The van der Waals surface area contributed by atoms with Crippen LogP contribution in [0.3, 0.4) is 0 Å². The second-order valence-corrected chi connectivity index (χ2v) is 7.75. The van der Waals surface area contributed by atoms with E-state index in [1.807, 2.05) is 53.6 Å². The second-order valence-electron chi connectivity index (χ2n) is 7.75. The highest BCUT2D eigenvalue weighted by atomic mass is 16.1. The lowest BCUT2D eigenvalue weighted by molar-refractivity contribution is 0.0921. The van der Waals surface area contributed by atoms with Gasteiger partial charge in [0.25, 0.3) is 5.91 Å². The highest BCUT2D eigenvalue weighted by molar-refractivity contribution is 5.97. The molecule has 0 bridgehead atoms. The molecule has 0 saturated heterocycles. The fourth-order valence-corrected chi connectivity index (χ4v) is 4.14. The summed E-state index contributed by atoms with van der Waals surface area (Å²) in [6.45, 7) is 0. The molecular weight excluding hydrogens is 390 g/mol. The van der Waals surface area contributed by atoms with E-state index in [0.29, 0.717) is 11.6 Å². The monoisotopic (exact) mass is 413 g/mol. The molecule has 1 N–H and O–H groups in total. The van der Waals surface area contributed by atoms with Crippen LogP contribution in [0.1, 0.15) is 42.1 Å². The average Bonchev–Trinajstić information content (AvgIpc) is 3.53. The molecule has 156 valence electrons. The molecule has 1 aromatic carbocycles. The molecule has 8 heteroatoms. The van der Waals surface area contributed by atoms with Crippen LogP contribution in [-0.4, -0.2) is 41.5 Å². The molecule has 8 nitrogen and oxygen atoms in total. The Morgan fingerprint density at radius 1 is 0.968 bits per heavy atom. The number of carbonyl (C=O) groups excluding carboxylic acids is 1. The van der Waals surface area contributed by atoms with Crippen LogP contribution in [0.4, 0.5) is 0 Å². The first kappa shape index (κ1) is 19.2. The first-order chi connectivity index (χ1) is 15.3. The van der Waals surface area contributed by atoms with Crippen LogP contribution in [0, 0.1) is 0 Å². The second kappa shape index (κ2) is 8.51. The zero-order valence-electron chi connectivity index (χ0n) is 17.0. The van der Waals surface area contributed by atoms with Crippen molar-refractivity contribution in [3.63, 3.8) is 0 Å². The van der Waals surface area contributed by atoms with E-state index < -0.39 is 0 Å². The molecule has 1 aliphatic rings. The molecule has 0 spiro atoms. The van der Waals surface area contributed by atoms with Crippen LogP contribution in [0.5, 0.6) is 0 Å². The van der Waals surface area contributed by atoms with E-state index in [1.54, 1.807) is 29.5 Å². The Morgan fingerprint density at radius 3 is 2.61 bits per heavy atom. The lowest BCUT2D eigenvalue weighted by Gasteiger charge is -2.29. The minimum atomic E-state index is -0.0569. The molecule has 0 radical (unpaired) electrons. The number of aromatic nitrogens is 6. The highest BCUT2D eigenvalue weighted by Crippen LogP contribution is 2.29. The normalized spacial score (nSPS) is 18.6. The third-order valence-electron chi connectivity index (χ3n) is 5.77. The number of hydrogen-bond donors (Lipinski definition) is 1. The SMILES string of the molecule is O=C(NC1CCC(n2cc(-c3cnccn3)cn2)CC1)c1ccccc1-n1cccn1. The predicted octanol–water partition coefficient (Wildman–Crippen LogP) is 3.44. The topological polar surface area (TPSA) is 90.5 Å². The van der Waals surface area contributed by atoms with Gasteiger partial charge < -0.3 is 5.32 Å². The Kier molecular flexibility index (Phi) is 5.26. The Labute approximate surface area is 180 Å². The molecule has 3 heterocycles. The molecule has 0 unspecified atom stereocenters. The first-order valence-electron chi connectivity index (χ1n) is 10.5. The summed E-state index contributed by atoms with van der Waals surface area (Å²) in [5.74, 6) is -0.0569. The van der Waals surface area contributed by atoms with Gasteiger partial charge in [-0.3, -0.25) is 19.4 Å². The van der Waals surface area contributed by atoms with Gasteiger partial charge in [0.15, 0.2) is 0 Å². The number of rotatable bonds is 5. The lowest BCUT2D eigenvalue weighted by atomic mass is 9.91. The summed E-state index contributed by atoms with van der Waals surface area (Å²) in [6.07, 6.45) is 16.3. The van der Waals surface area contributed by atoms with E-state index >= 15 is 0 Å². The van der Waals surface area contributed by atoms with Crippen LogP contribution in [0.2, 0.25) is 0 Å². The van der Waals surface area contributed by atoms with Crippen molar-refractivity contribution in [3.8, 4) is 16.9 Å². The maximum atomic E-state index is 13.0. The van der Waals surface area contributed by atoms with Crippen molar-refractivity contribution >= 4 is 5.91 Å². The quantitative estimate of drug-likeness (QED) is 0.541. The summed E-state index contributed by atoms with van der Waals surface area (Å²) in [5.41, 5.74) is 3.21. The van der Waals surface area contributed by atoms with Crippen LogP contribution in [0.15, 0.2) is 73.7 Å². The summed E-state index contributed by atoms with van der Waals surface area (Å²) in [7, 11) is 0. The molecule has 1 fully saturated rings. The first-order valence-corrected chi connectivity index (χ1v) is 10.5. The van der Waals surface area contributed by atoms with E-state index in [4.69, 9.17) is 0 Å². The molecule has 31 heavy (non-hydrogen) atoms. The van der Waals surface area contributed by atoms with Gasteiger partial charge in [0.2, 0.25) is 0 Å². The van der Waals surface area contributed by atoms with Gasteiger partial charge >= 0.3 is 0 Å². The van der Waals surface area contributed by atoms with E-state index in [-0.39, 0.29) is 11.9 Å². The van der Waals surface area contributed by atoms with Gasteiger partial charge in [0.1, 0.15) is 0 Å². The fraction of sp³-hybridized carbons (Fsp3) is 0.261. The molecule has 0 atom stereocenters. The van der Waals surface area contributed by atoms with Gasteiger partial charge in [0, 0.05) is 42.6 Å². The maximum Gasteiger partial charge on any atom is 0.253 e. The van der Waals surface area contributed by atoms with Crippen molar-refractivity contribution in [3.05, 3.63) is 79.3 Å². The summed E-state index contributed by atoms with van der Waals surface area (Å²) in [4.78, 5) is 21.4. The molecule has 1 amide bonds. The van der Waals surface area contributed by atoms with Gasteiger partial charge in [-0.05, 0) is 43.9 Å². The molecule has 4 aromatic rings. The maximum absolute atomic E-state index is 13.0. The number of para-hydroxylation sites is 1. The van der Waals surface area contributed by atoms with Crippen molar-refractivity contribution in [2.75, 3.05) is 0 Å². The Bertz CT molecular complexity index is 1150. The number of carbonyl (C=O) groups is 1. The van der Waals surface area contributed by atoms with E-state index in [9.17, 15) is 4.79 Å². The van der Waals surface area contributed by atoms with Gasteiger partial charge in [-0.1, -0.05) is 12.1 Å². The van der Waals surface area contributed by atoms with Gasteiger partial charge in [0.05, 0.1) is 35.4 Å². The zero-order chi connectivity index (χ0) is 21.0. The van der Waals surface area contributed by atoms with Gasteiger partial charge in [-0.25, -0.2) is 4.68 Å². The largest absolute Gasteiger partial charge is 0.349 e. The summed E-state index contributed by atoms with van der Waals surface area (Å²) < 4.78 is 3.74. The van der Waals surface area contributed by atoms with Crippen LogP contribution in [-0.2, 0) is 0 Å². The van der Waals surface area contributed by atoms with Crippen LogP contribution in [0.25, 0.3) is 16.9 Å². The Morgan fingerprint density at radius 2 is 1.84 bits per heavy atom. The minimum Gasteiger partial charge on any atom is -0.349 e. The van der Waals surface area contributed by atoms with Crippen molar-refractivity contribution in [1.29, 1.82) is 0 Å². The third-order valence-corrected chi connectivity index (χ3v) is 5.77. The molecule has 0 aliphatic heterocycles. The summed E-state index contributed by atoms with van der Waals surface area (Å²) >= 11 is 0. The number of hydrogen-bond acceptors (Lipinski definition) is 5. The Balaban J connectivity index is 1.21. The standard InChI is InChI=1S/C23H23N7O/c31-23(20-4-1-2-5-22(20)29-13-3-10-26-29)28-18-6-8-19(9-7-18)30-16-17(14-27-30)21-15-24-11-12-25-21/h1-5,10-16,18-19H,6-9H2,(H,28,31). The van der Waals surface area contributed by atoms with Crippen LogP contribution < -0.4 is 5.32 Å². The van der Waals surface area contributed by atoms with Gasteiger partial charge in [-0.2, -0.15) is 10.2 Å². The van der Waals surface area contributed by atoms with E-state index in [0.717, 1.165) is 42.6 Å². The summed E-state index contributed by atoms with van der Waals surface area (Å²) in [5, 5.41) is 12.0.